The topological polar surface area (TPSA) is 60.0 Å². The summed E-state index contributed by atoms with van der Waals surface area (Å²) in [5.74, 6) is 2.41. The Kier molecular flexibility index (Phi) is 7.14. The summed E-state index contributed by atoms with van der Waals surface area (Å²) in [5.41, 5.74) is 1.02. The minimum absolute atomic E-state index is 0.00502. The molecule has 1 aliphatic carbocycles. The van der Waals surface area contributed by atoms with E-state index < -0.39 is 0 Å². The number of methoxy groups -OCH3 is 2. The number of nitrogens with zero attached hydrogens (tertiary/aromatic N) is 1. The highest BCUT2D eigenvalue weighted by molar-refractivity contribution is 5.78. The largest absolute Gasteiger partial charge is 0.497 e. The Labute approximate surface area is 166 Å². The van der Waals surface area contributed by atoms with Crippen LogP contribution in [0.25, 0.3) is 0 Å². The van der Waals surface area contributed by atoms with Crippen LogP contribution in [0.1, 0.15) is 18.4 Å². The maximum atomic E-state index is 12.4. The van der Waals surface area contributed by atoms with Crippen LogP contribution in [0.3, 0.4) is 0 Å². The van der Waals surface area contributed by atoms with Crippen molar-refractivity contribution in [2.75, 3.05) is 33.9 Å². The van der Waals surface area contributed by atoms with Crippen LogP contribution >= 0.6 is 0 Å². The number of hydrogen-bond donors (Lipinski definition) is 1. The molecule has 0 aromatic heterocycles. The first-order chi connectivity index (χ1) is 13.7. The minimum atomic E-state index is 0.00502. The standard InChI is InChI=1S/C22H28N2O4/c1-26-20-10-11-21(27-2)17(14-20)15-24(18-8-9-18)16-22(25)23-12-13-28-19-6-4-3-5-7-19/h3-7,10-11,14,18H,8-9,12-13,15-16H2,1-2H3,(H,23,25). The number of carbonyl (C=O) groups excluding carboxylic acids is 1. The molecule has 0 spiro atoms. The fourth-order valence-electron chi connectivity index (χ4n) is 3.09. The van der Waals surface area contributed by atoms with Crippen molar-refractivity contribution >= 4 is 5.91 Å². The van der Waals surface area contributed by atoms with Gasteiger partial charge in [-0.1, -0.05) is 18.2 Å². The summed E-state index contributed by atoms with van der Waals surface area (Å²) in [4.78, 5) is 14.6. The van der Waals surface area contributed by atoms with E-state index in [1.165, 1.54) is 0 Å². The van der Waals surface area contributed by atoms with E-state index in [1.807, 2.05) is 48.5 Å². The quantitative estimate of drug-likeness (QED) is 0.604. The van der Waals surface area contributed by atoms with Crippen molar-refractivity contribution in [1.29, 1.82) is 0 Å². The molecular weight excluding hydrogens is 356 g/mol. The highest BCUT2D eigenvalue weighted by atomic mass is 16.5. The maximum absolute atomic E-state index is 12.4. The molecule has 0 saturated heterocycles. The van der Waals surface area contributed by atoms with E-state index in [9.17, 15) is 4.79 Å². The lowest BCUT2D eigenvalue weighted by Crippen LogP contribution is -2.39. The molecule has 6 nitrogen and oxygen atoms in total. The van der Waals surface area contributed by atoms with Gasteiger partial charge < -0.3 is 19.5 Å². The lowest BCUT2D eigenvalue weighted by molar-refractivity contribution is -0.122. The predicted octanol–water partition coefficient (Wildman–Crippen LogP) is 2.86. The summed E-state index contributed by atoms with van der Waals surface area (Å²) >= 11 is 0. The molecule has 1 saturated carbocycles. The number of benzene rings is 2. The van der Waals surface area contributed by atoms with Gasteiger partial charge in [-0.05, 0) is 43.2 Å². The van der Waals surface area contributed by atoms with Crippen LogP contribution in [-0.4, -0.2) is 50.8 Å². The molecule has 0 unspecified atom stereocenters. The van der Waals surface area contributed by atoms with Crippen molar-refractivity contribution in [2.45, 2.75) is 25.4 Å². The van der Waals surface area contributed by atoms with Gasteiger partial charge in [-0.25, -0.2) is 0 Å². The lowest BCUT2D eigenvalue weighted by atomic mass is 10.1. The molecule has 0 heterocycles. The van der Waals surface area contributed by atoms with Crippen LogP contribution in [0.2, 0.25) is 0 Å². The lowest BCUT2D eigenvalue weighted by Gasteiger charge is -2.23. The van der Waals surface area contributed by atoms with Crippen LogP contribution < -0.4 is 19.5 Å². The molecular formula is C22H28N2O4. The molecule has 28 heavy (non-hydrogen) atoms. The summed E-state index contributed by atoms with van der Waals surface area (Å²) in [6, 6.07) is 15.8. The molecule has 2 aromatic carbocycles. The Hall–Kier alpha value is -2.73. The van der Waals surface area contributed by atoms with E-state index in [1.54, 1.807) is 14.2 Å². The third kappa shape index (κ3) is 5.89. The average Bonchev–Trinajstić information content (AvgIpc) is 3.57. The van der Waals surface area contributed by atoms with Gasteiger partial charge in [0, 0.05) is 18.2 Å². The molecule has 0 radical (unpaired) electrons. The van der Waals surface area contributed by atoms with Gasteiger partial charge in [-0.3, -0.25) is 9.69 Å². The van der Waals surface area contributed by atoms with Crippen molar-refractivity contribution in [1.82, 2.24) is 10.2 Å². The molecule has 0 bridgehead atoms. The highest BCUT2D eigenvalue weighted by Gasteiger charge is 2.30. The van der Waals surface area contributed by atoms with Crippen LogP contribution in [0.4, 0.5) is 0 Å². The second-order valence-corrected chi connectivity index (χ2v) is 6.83. The van der Waals surface area contributed by atoms with Crippen LogP contribution in [0.5, 0.6) is 17.2 Å². The van der Waals surface area contributed by atoms with Gasteiger partial charge in [0.15, 0.2) is 0 Å². The number of hydrogen-bond acceptors (Lipinski definition) is 5. The zero-order chi connectivity index (χ0) is 19.8. The van der Waals surface area contributed by atoms with Gasteiger partial charge in [-0.2, -0.15) is 0 Å². The molecule has 3 rings (SSSR count). The number of carbonyl (C=O) groups is 1. The van der Waals surface area contributed by atoms with Crippen molar-refractivity contribution in [3.63, 3.8) is 0 Å². The van der Waals surface area contributed by atoms with Gasteiger partial charge >= 0.3 is 0 Å². The van der Waals surface area contributed by atoms with Gasteiger partial charge in [0.05, 0.1) is 27.3 Å². The normalized spacial score (nSPS) is 13.2. The molecule has 1 N–H and O–H groups in total. The first kappa shape index (κ1) is 20.0. The van der Waals surface area contributed by atoms with Gasteiger partial charge in [0.2, 0.25) is 5.91 Å². The van der Waals surface area contributed by atoms with Gasteiger partial charge in [-0.15, -0.1) is 0 Å². The number of amides is 1. The fraction of sp³-hybridized carbons (Fsp3) is 0.409. The van der Waals surface area contributed by atoms with Gasteiger partial charge in [0.1, 0.15) is 23.9 Å². The zero-order valence-electron chi connectivity index (χ0n) is 16.5. The predicted molar refractivity (Wildman–Crippen MR) is 108 cm³/mol. The van der Waals surface area contributed by atoms with Crippen molar-refractivity contribution in [3.8, 4) is 17.2 Å². The summed E-state index contributed by atoms with van der Waals surface area (Å²) < 4.78 is 16.4. The number of nitrogens with one attached hydrogen (secondary N) is 1. The van der Waals surface area contributed by atoms with Crippen LogP contribution in [-0.2, 0) is 11.3 Å². The Morgan fingerprint density at radius 1 is 1.07 bits per heavy atom. The number of rotatable bonds is 11. The van der Waals surface area contributed by atoms with E-state index in [0.29, 0.717) is 32.3 Å². The number of para-hydroxylation sites is 1. The molecule has 0 aliphatic heterocycles. The second kappa shape index (κ2) is 9.99. The molecule has 1 aliphatic rings. The first-order valence-electron chi connectivity index (χ1n) is 9.59. The number of ether oxygens (including phenoxy) is 3. The third-order valence-corrected chi connectivity index (χ3v) is 4.71. The van der Waals surface area contributed by atoms with E-state index in [-0.39, 0.29) is 5.91 Å². The van der Waals surface area contributed by atoms with E-state index >= 15 is 0 Å². The molecule has 0 atom stereocenters. The summed E-state index contributed by atoms with van der Waals surface area (Å²) in [6.45, 7) is 1.94. The zero-order valence-corrected chi connectivity index (χ0v) is 16.5. The van der Waals surface area contributed by atoms with Crippen LogP contribution in [0.15, 0.2) is 48.5 Å². The summed E-state index contributed by atoms with van der Waals surface area (Å²) in [6.07, 6.45) is 2.24. The van der Waals surface area contributed by atoms with Crippen molar-refractivity contribution in [2.24, 2.45) is 0 Å². The monoisotopic (exact) mass is 384 g/mol. The SMILES string of the molecule is COc1ccc(OC)c(CN(CC(=O)NCCOc2ccccc2)C2CC2)c1. The summed E-state index contributed by atoms with van der Waals surface area (Å²) in [7, 11) is 3.31. The Balaban J connectivity index is 1.50. The molecule has 6 heteroatoms. The molecule has 1 fully saturated rings. The van der Waals surface area contributed by atoms with Crippen LogP contribution in [0, 0.1) is 0 Å². The Bertz CT molecular complexity index is 762. The molecule has 150 valence electrons. The van der Waals surface area contributed by atoms with E-state index in [4.69, 9.17) is 14.2 Å². The summed E-state index contributed by atoms with van der Waals surface area (Å²) in [5, 5.41) is 2.94. The fourth-order valence-corrected chi connectivity index (χ4v) is 3.09. The van der Waals surface area contributed by atoms with E-state index in [0.717, 1.165) is 35.7 Å². The first-order valence-corrected chi connectivity index (χ1v) is 9.59. The maximum Gasteiger partial charge on any atom is 0.234 e. The van der Waals surface area contributed by atoms with Gasteiger partial charge in [0.25, 0.3) is 0 Å². The highest BCUT2D eigenvalue weighted by Crippen LogP contribution is 2.31. The average molecular weight is 384 g/mol. The molecule has 2 aromatic rings. The second-order valence-electron chi connectivity index (χ2n) is 6.83. The van der Waals surface area contributed by atoms with E-state index in [2.05, 4.69) is 10.2 Å². The Morgan fingerprint density at radius 3 is 2.54 bits per heavy atom. The van der Waals surface area contributed by atoms with Crippen molar-refractivity contribution < 1.29 is 19.0 Å². The third-order valence-electron chi connectivity index (χ3n) is 4.71. The van der Waals surface area contributed by atoms with Crippen molar-refractivity contribution in [3.05, 3.63) is 54.1 Å². The Morgan fingerprint density at radius 2 is 1.86 bits per heavy atom. The minimum Gasteiger partial charge on any atom is -0.497 e. The smallest absolute Gasteiger partial charge is 0.234 e. The molecule has 1 amide bonds.